The lowest BCUT2D eigenvalue weighted by Gasteiger charge is -2.30. The highest BCUT2D eigenvalue weighted by atomic mass is 19.1. The van der Waals surface area contributed by atoms with Crippen molar-refractivity contribution in [1.29, 1.82) is 0 Å². The van der Waals surface area contributed by atoms with E-state index in [2.05, 4.69) is 63.0 Å². The summed E-state index contributed by atoms with van der Waals surface area (Å²) in [6.07, 6.45) is 3.97. The summed E-state index contributed by atoms with van der Waals surface area (Å²) in [4.78, 5) is 34.4. The van der Waals surface area contributed by atoms with E-state index >= 15 is 0 Å². The molecule has 2 amide bonds. The van der Waals surface area contributed by atoms with Gasteiger partial charge in [0.1, 0.15) is 12.4 Å². The Balaban J connectivity index is 1.55. The van der Waals surface area contributed by atoms with Crippen LogP contribution in [-0.2, 0) is 29.1 Å². The number of carbonyl (C=O) groups is 2. The fourth-order valence-electron chi connectivity index (χ4n) is 5.65. The molecule has 0 radical (unpaired) electrons. The minimum atomic E-state index is -0.326. The Kier molecular flexibility index (Phi) is 10.2. The molecule has 1 aromatic heterocycles. The standard InChI is InChI=1S/C36H44FN3O2/c1-26-10-12-28(13-11-26)23-39(19-18-30-22-38-33-9-7-6-8-32(30)33)35(42)25-40(24-29-14-16-31(37)17-15-29)34(41)20-27(2)21-36(3,4)5/h6-17,22,27,38H,18-21,23-25H2,1-5H3. The Hall–Kier alpha value is -3.93. The number of hydrogen-bond donors (Lipinski definition) is 1. The number of aromatic amines is 1. The molecule has 4 rings (SSSR count). The van der Waals surface area contributed by atoms with Crippen molar-refractivity contribution in [3.05, 3.63) is 107 Å². The highest BCUT2D eigenvalue weighted by molar-refractivity contribution is 5.85. The first-order valence-corrected chi connectivity index (χ1v) is 14.9. The lowest BCUT2D eigenvalue weighted by Crippen LogP contribution is -2.43. The SMILES string of the molecule is Cc1ccc(CN(CCc2c[nH]c3ccccc23)C(=O)CN(Cc2ccc(F)cc2)C(=O)CC(C)CC(C)(C)C)cc1. The van der Waals surface area contributed by atoms with Gasteiger partial charge in [0.25, 0.3) is 0 Å². The van der Waals surface area contributed by atoms with Crippen molar-refractivity contribution < 1.29 is 14.0 Å². The van der Waals surface area contributed by atoms with E-state index in [0.29, 0.717) is 25.9 Å². The van der Waals surface area contributed by atoms with Gasteiger partial charge in [-0.25, -0.2) is 4.39 Å². The van der Waals surface area contributed by atoms with Crippen molar-refractivity contribution in [2.24, 2.45) is 11.3 Å². The summed E-state index contributed by atoms with van der Waals surface area (Å²) in [6, 6.07) is 22.5. The number of nitrogens with zero attached hydrogens (tertiary/aromatic N) is 2. The van der Waals surface area contributed by atoms with Gasteiger partial charge in [-0.1, -0.05) is 87.9 Å². The largest absolute Gasteiger partial charge is 0.361 e. The monoisotopic (exact) mass is 569 g/mol. The van der Waals surface area contributed by atoms with Gasteiger partial charge < -0.3 is 14.8 Å². The Morgan fingerprint density at radius 2 is 1.48 bits per heavy atom. The minimum Gasteiger partial charge on any atom is -0.361 e. The van der Waals surface area contributed by atoms with E-state index < -0.39 is 0 Å². The number of aromatic nitrogens is 1. The zero-order valence-electron chi connectivity index (χ0n) is 25.6. The highest BCUT2D eigenvalue weighted by Crippen LogP contribution is 2.27. The maximum atomic E-state index is 14.0. The number of halogens is 1. The van der Waals surface area contributed by atoms with Crippen LogP contribution in [0.2, 0.25) is 0 Å². The number of rotatable bonds is 12. The molecule has 42 heavy (non-hydrogen) atoms. The van der Waals surface area contributed by atoms with Crippen LogP contribution >= 0.6 is 0 Å². The van der Waals surface area contributed by atoms with E-state index in [1.165, 1.54) is 12.1 Å². The van der Waals surface area contributed by atoms with Gasteiger partial charge in [0.15, 0.2) is 0 Å². The second-order valence-corrected chi connectivity index (χ2v) is 12.9. The molecule has 0 bridgehead atoms. The number of aryl methyl sites for hydroxylation is 1. The molecule has 0 spiro atoms. The Bertz CT molecular complexity index is 1470. The first-order chi connectivity index (χ1) is 20.0. The molecule has 0 aliphatic rings. The second kappa shape index (κ2) is 13.8. The zero-order valence-corrected chi connectivity index (χ0v) is 25.6. The number of benzene rings is 3. The van der Waals surface area contributed by atoms with Crippen molar-refractivity contribution in [1.82, 2.24) is 14.8 Å². The van der Waals surface area contributed by atoms with Crippen molar-refractivity contribution in [2.45, 2.75) is 67.0 Å². The Labute approximate surface area is 249 Å². The van der Waals surface area contributed by atoms with Crippen LogP contribution in [0.1, 0.15) is 62.8 Å². The second-order valence-electron chi connectivity index (χ2n) is 12.9. The van der Waals surface area contributed by atoms with Crippen molar-refractivity contribution >= 4 is 22.7 Å². The Morgan fingerprint density at radius 1 is 0.857 bits per heavy atom. The van der Waals surface area contributed by atoms with Gasteiger partial charge in [0.05, 0.1) is 0 Å². The van der Waals surface area contributed by atoms with E-state index in [1.54, 1.807) is 17.0 Å². The molecular formula is C36H44FN3O2. The molecule has 1 heterocycles. The fraction of sp³-hybridized carbons (Fsp3) is 0.389. The van der Waals surface area contributed by atoms with Crippen LogP contribution in [0.3, 0.4) is 0 Å². The molecule has 0 saturated heterocycles. The van der Waals surface area contributed by atoms with Gasteiger partial charge in [-0.05, 0) is 66.0 Å². The third-order valence-electron chi connectivity index (χ3n) is 7.62. The number of H-pyrrole nitrogens is 1. The fourth-order valence-corrected chi connectivity index (χ4v) is 5.65. The first-order valence-electron chi connectivity index (χ1n) is 14.9. The van der Waals surface area contributed by atoms with Gasteiger partial charge in [-0.3, -0.25) is 9.59 Å². The number of nitrogens with one attached hydrogen (secondary N) is 1. The summed E-state index contributed by atoms with van der Waals surface area (Å²) in [5.41, 5.74) is 5.33. The van der Waals surface area contributed by atoms with Crippen LogP contribution in [-0.4, -0.2) is 39.7 Å². The molecule has 0 aliphatic carbocycles. The predicted molar refractivity (Wildman–Crippen MR) is 168 cm³/mol. The predicted octanol–water partition coefficient (Wildman–Crippen LogP) is 7.68. The van der Waals surface area contributed by atoms with Crippen LogP contribution < -0.4 is 0 Å². The van der Waals surface area contributed by atoms with Crippen LogP contribution in [0.4, 0.5) is 4.39 Å². The van der Waals surface area contributed by atoms with Gasteiger partial charge in [0, 0.05) is 43.2 Å². The summed E-state index contributed by atoms with van der Waals surface area (Å²) < 4.78 is 13.6. The molecule has 1 N–H and O–H groups in total. The number of para-hydroxylation sites is 1. The molecule has 222 valence electrons. The topological polar surface area (TPSA) is 56.4 Å². The molecule has 0 fully saturated rings. The van der Waals surface area contributed by atoms with E-state index in [-0.39, 0.29) is 42.1 Å². The maximum Gasteiger partial charge on any atom is 0.242 e. The molecule has 4 aromatic rings. The van der Waals surface area contributed by atoms with Crippen molar-refractivity contribution in [3.63, 3.8) is 0 Å². The number of carbonyl (C=O) groups excluding carboxylic acids is 2. The third kappa shape index (κ3) is 9.04. The molecule has 0 aliphatic heterocycles. The highest BCUT2D eigenvalue weighted by Gasteiger charge is 2.25. The van der Waals surface area contributed by atoms with Crippen molar-refractivity contribution in [3.8, 4) is 0 Å². The minimum absolute atomic E-state index is 0.0296. The van der Waals surface area contributed by atoms with E-state index in [1.807, 2.05) is 36.2 Å². The summed E-state index contributed by atoms with van der Waals surface area (Å²) in [7, 11) is 0. The van der Waals surface area contributed by atoms with Crippen molar-refractivity contribution in [2.75, 3.05) is 13.1 Å². The zero-order chi connectivity index (χ0) is 30.3. The summed E-state index contributed by atoms with van der Waals surface area (Å²) in [6.45, 7) is 11.9. The average molecular weight is 570 g/mol. The summed E-state index contributed by atoms with van der Waals surface area (Å²) in [5.74, 6) is -0.312. The quantitative estimate of drug-likeness (QED) is 0.190. The molecule has 5 nitrogen and oxygen atoms in total. The smallest absolute Gasteiger partial charge is 0.242 e. The maximum absolute atomic E-state index is 14.0. The summed E-state index contributed by atoms with van der Waals surface area (Å²) in [5, 5.41) is 1.15. The van der Waals surface area contributed by atoms with Gasteiger partial charge in [-0.15, -0.1) is 0 Å². The average Bonchev–Trinajstić information content (AvgIpc) is 3.34. The van der Waals surface area contributed by atoms with Crippen LogP contribution in [0.15, 0.2) is 79.0 Å². The van der Waals surface area contributed by atoms with Crippen LogP contribution in [0.5, 0.6) is 0 Å². The molecule has 3 aromatic carbocycles. The van der Waals surface area contributed by atoms with E-state index in [0.717, 1.165) is 39.6 Å². The number of amides is 2. The summed E-state index contributed by atoms with van der Waals surface area (Å²) >= 11 is 0. The van der Waals surface area contributed by atoms with Gasteiger partial charge in [-0.2, -0.15) is 0 Å². The third-order valence-corrected chi connectivity index (χ3v) is 7.62. The number of fused-ring (bicyclic) bond motifs is 1. The lowest BCUT2D eigenvalue weighted by molar-refractivity contribution is -0.142. The molecule has 1 atom stereocenters. The molecule has 6 heteroatoms. The molecule has 0 saturated carbocycles. The molecule has 1 unspecified atom stereocenters. The first kappa shape index (κ1) is 31.0. The van der Waals surface area contributed by atoms with Gasteiger partial charge >= 0.3 is 0 Å². The van der Waals surface area contributed by atoms with E-state index in [9.17, 15) is 14.0 Å². The normalized spacial score (nSPS) is 12.3. The van der Waals surface area contributed by atoms with Gasteiger partial charge in [0.2, 0.25) is 11.8 Å². The molecular weight excluding hydrogens is 525 g/mol. The Morgan fingerprint density at radius 3 is 2.14 bits per heavy atom. The van der Waals surface area contributed by atoms with E-state index in [4.69, 9.17) is 0 Å². The van der Waals surface area contributed by atoms with Crippen LogP contribution in [0.25, 0.3) is 10.9 Å². The number of hydrogen-bond acceptors (Lipinski definition) is 2. The van der Waals surface area contributed by atoms with Crippen LogP contribution in [0, 0.1) is 24.1 Å². The lowest BCUT2D eigenvalue weighted by atomic mass is 9.84.